The van der Waals surface area contributed by atoms with E-state index in [1.165, 1.54) is 56.9 Å². The van der Waals surface area contributed by atoms with E-state index in [0.29, 0.717) is 5.75 Å². The Balaban J connectivity index is 2.58. The van der Waals surface area contributed by atoms with Gasteiger partial charge in [0.2, 0.25) is 28.4 Å². The standard InChI is InChI=1S/C23H26O10/c1-25-12-10-9-11-13(16(12)26-2)15(24)20(29-5)19(33-11)14-17(27-3)21(30-6)23(32-8)22(31-7)18(14)28-4/h9-10H,1-8H3. The summed E-state index contributed by atoms with van der Waals surface area (Å²) in [6.07, 6.45) is 0. The summed E-state index contributed by atoms with van der Waals surface area (Å²) < 4.78 is 50.2. The van der Waals surface area contributed by atoms with Crippen LogP contribution < -0.4 is 43.3 Å². The van der Waals surface area contributed by atoms with Crippen LogP contribution in [0, 0.1) is 0 Å². The second-order valence-electron chi connectivity index (χ2n) is 6.51. The fraction of sp³-hybridized carbons (Fsp3) is 0.348. The van der Waals surface area contributed by atoms with Crippen molar-refractivity contribution in [1.29, 1.82) is 0 Å². The third kappa shape index (κ3) is 3.57. The van der Waals surface area contributed by atoms with Crippen LogP contribution in [0.15, 0.2) is 21.3 Å². The van der Waals surface area contributed by atoms with Gasteiger partial charge >= 0.3 is 0 Å². The number of hydrogen-bond acceptors (Lipinski definition) is 10. The number of benzene rings is 2. The molecule has 0 amide bonds. The molecule has 0 aliphatic rings. The first-order valence-electron chi connectivity index (χ1n) is 9.67. The summed E-state index contributed by atoms with van der Waals surface area (Å²) in [5, 5.41) is 0.155. The first kappa shape index (κ1) is 23.7. The summed E-state index contributed by atoms with van der Waals surface area (Å²) in [5.74, 6) is 1.56. The highest BCUT2D eigenvalue weighted by Gasteiger charge is 2.34. The monoisotopic (exact) mass is 462 g/mol. The van der Waals surface area contributed by atoms with Gasteiger partial charge in [0.1, 0.15) is 16.5 Å². The molecule has 1 aromatic heterocycles. The highest BCUT2D eigenvalue weighted by atomic mass is 16.6. The van der Waals surface area contributed by atoms with Gasteiger partial charge in [-0.15, -0.1) is 0 Å². The molecule has 10 nitrogen and oxygen atoms in total. The number of fused-ring (bicyclic) bond motifs is 1. The summed E-state index contributed by atoms with van der Waals surface area (Å²) >= 11 is 0. The van der Waals surface area contributed by atoms with E-state index in [9.17, 15) is 4.79 Å². The fourth-order valence-corrected chi connectivity index (χ4v) is 3.72. The predicted molar refractivity (Wildman–Crippen MR) is 120 cm³/mol. The Kier molecular flexibility index (Phi) is 6.95. The maximum absolute atomic E-state index is 13.5. The van der Waals surface area contributed by atoms with E-state index in [0.717, 1.165) is 0 Å². The van der Waals surface area contributed by atoms with Gasteiger partial charge in [0.15, 0.2) is 28.8 Å². The van der Waals surface area contributed by atoms with Crippen LogP contribution in [-0.2, 0) is 0 Å². The normalized spacial score (nSPS) is 10.5. The van der Waals surface area contributed by atoms with Gasteiger partial charge in [-0.2, -0.15) is 0 Å². The van der Waals surface area contributed by atoms with E-state index >= 15 is 0 Å². The van der Waals surface area contributed by atoms with Gasteiger partial charge in [-0.1, -0.05) is 0 Å². The summed E-state index contributed by atoms with van der Waals surface area (Å²) in [6, 6.07) is 3.22. The van der Waals surface area contributed by atoms with Gasteiger partial charge in [-0.05, 0) is 12.1 Å². The van der Waals surface area contributed by atoms with Crippen molar-refractivity contribution in [2.45, 2.75) is 0 Å². The first-order chi connectivity index (χ1) is 16.0. The zero-order valence-corrected chi connectivity index (χ0v) is 19.7. The Labute approximate surface area is 190 Å². The number of ether oxygens (including phenoxy) is 8. The Morgan fingerprint density at radius 3 is 1.42 bits per heavy atom. The van der Waals surface area contributed by atoms with Crippen LogP contribution in [0.5, 0.6) is 46.0 Å². The van der Waals surface area contributed by atoms with Gasteiger partial charge in [0.25, 0.3) is 0 Å². The molecule has 178 valence electrons. The molecule has 0 saturated carbocycles. The topological polar surface area (TPSA) is 104 Å². The van der Waals surface area contributed by atoms with E-state index in [4.69, 9.17) is 42.3 Å². The van der Waals surface area contributed by atoms with Crippen molar-refractivity contribution in [2.24, 2.45) is 0 Å². The smallest absolute Gasteiger partial charge is 0.239 e. The molecule has 0 N–H and O–H groups in total. The van der Waals surface area contributed by atoms with Crippen molar-refractivity contribution < 1.29 is 42.3 Å². The molecule has 0 fully saturated rings. The van der Waals surface area contributed by atoms with Crippen molar-refractivity contribution in [1.82, 2.24) is 0 Å². The molecule has 0 aliphatic heterocycles. The lowest BCUT2D eigenvalue weighted by molar-refractivity contribution is 0.291. The van der Waals surface area contributed by atoms with Crippen LogP contribution in [0.25, 0.3) is 22.3 Å². The summed E-state index contributed by atoms with van der Waals surface area (Å²) in [7, 11) is 11.5. The zero-order chi connectivity index (χ0) is 24.3. The molecule has 0 saturated heterocycles. The maximum atomic E-state index is 13.5. The molecule has 0 spiro atoms. The average Bonchev–Trinajstić information content (AvgIpc) is 2.85. The summed E-state index contributed by atoms with van der Waals surface area (Å²) in [5.41, 5.74) is -0.0196. The van der Waals surface area contributed by atoms with Crippen LogP contribution >= 0.6 is 0 Å². The predicted octanol–water partition coefficient (Wildman–Crippen LogP) is 3.53. The average molecular weight is 462 g/mol. The zero-order valence-electron chi connectivity index (χ0n) is 19.7. The Morgan fingerprint density at radius 1 is 0.545 bits per heavy atom. The van der Waals surface area contributed by atoms with Crippen molar-refractivity contribution >= 4 is 11.0 Å². The number of rotatable bonds is 9. The molecular weight excluding hydrogens is 436 g/mol. The highest BCUT2D eigenvalue weighted by Crippen LogP contribution is 2.58. The van der Waals surface area contributed by atoms with E-state index in [1.807, 2.05) is 0 Å². The largest absolute Gasteiger partial charge is 0.493 e. The molecule has 0 atom stereocenters. The summed E-state index contributed by atoms with van der Waals surface area (Å²) in [6.45, 7) is 0. The third-order valence-electron chi connectivity index (χ3n) is 5.09. The van der Waals surface area contributed by atoms with E-state index in [2.05, 4.69) is 0 Å². The quantitative estimate of drug-likeness (QED) is 0.469. The maximum Gasteiger partial charge on any atom is 0.239 e. The molecule has 33 heavy (non-hydrogen) atoms. The number of hydrogen-bond donors (Lipinski definition) is 0. The minimum absolute atomic E-state index is 0.0372. The first-order valence-corrected chi connectivity index (χ1v) is 9.67. The van der Waals surface area contributed by atoms with Gasteiger partial charge in [-0.3, -0.25) is 4.79 Å². The molecule has 3 rings (SSSR count). The molecule has 0 unspecified atom stereocenters. The van der Waals surface area contributed by atoms with Crippen LogP contribution in [0.2, 0.25) is 0 Å². The molecule has 10 heteroatoms. The molecule has 0 radical (unpaired) electrons. The molecule has 2 aromatic carbocycles. The molecule has 0 aliphatic carbocycles. The lowest BCUT2D eigenvalue weighted by atomic mass is 10.0. The number of methoxy groups -OCH3 is 8. The van der Waals surface area contributed by atoms with E-state index in [1.54, 1.807) is 12.1 Å². The highest BCUT2D eigenvalue weighted by molar-refractivity contribution is 5.93. The minimum Gasteiger partial charge on any atom is -0.493 e. The molecule has 3 aromatic rings. The lowest BCUT2D eigenvalue weighted by Gasteiger charge is -2.22. The Hall–Kier alpha value is -3.95. The summed E-state index contributed by atoms with van der Waals surface area (Å²) in [4.78, 5) is 13.5. The molecule has 0 bridgehead atoms. The van der Waals surface area contributed by atoms with Crippen molar-refractivity contribution in [3.05, 3.63) is 22.4 Å². The lowest BCUT2D eigenvalue weighted by Crippen LogP contribution is -2.11. The Morgan fingerprint density at radius 2 is 1.00 bits per heavy atom. The van der Waals surface area contributed by atoms with Crippen LogP contribution in [-0.4, -0.2) is 56.9 Å². The fourth-order valence-electron chi connectivity index (χ4n) is 3.72. The van der Waals surface area contributed by atoms with Gasteiger partial charge in [-0.25, -0.2) is 0 Å². The van der Waals surface area contributed by atoms with Crippen molar-refractivity contribution in [3.8, 4) is 57.3 Å². The Bertz CT molecular complexity index is 1200. The van der Waals surface area contributed by atoms with E-state index < -0.39 is 5.43 Å². The second kappa shape index (κ2) is 9.68. The van der Waals surface area contributed by atoms with E-state index in [-0.39, 0.29) is 62.5 Å². The van der Waals surface area contributed by atoms with Gasteiger partial charge < -0.3 is 42.3 Å². The SMILES string of the molecule is COc1ccc2oc(-c3c(OC)c(OC)c(OC)c(OC)c3OC)c(OC)c(=O)c2c1OC. The van der Waals surface area contributed by atoms with Crippen molar-refractivity contribution in [3.63, 3.8) is 0 Å². The third-order valence-corrected chi connectivity index (χ3v) is 5.09. The van der Waals surface area contributed by atoms with Gasteiger partial charge in [0.05, 0.1) is 56.9 Å². The minimum atomic E-state index is -0.484. The van der Waals surface area contributed by atoms with Crippen LogP contribution in [0.3, 0.4) is 0 Å². The molecule has 1 heterocycles. The van der Waals surface area contributed by atoms with Crippen molar-refractivity contribution in [2.75, 3.05) is 56.9 Å². The molecular formula is C23H26O10. The second-order valence-corrected chi connectivity index (χ2v) is 6.51. The van der Waals surface area contributed by atoms with Crippen LogP contribution in [0.1, 0.15) is 0 Å². The van der Waals surface area contributed by atoms with Crippen LogP contribution in [0.4, 0.5) is 0 Å². The van der Waals surface area contributed by atoms with Gasteiger partial charge in [0, 0.05) is 0 Å².